The summed E-state index contributed by atoms with van der Waals surface area (Å²) in [6.45, 7) is 0. The third-order valence-electron chi connectivity index (χ3n) is 0.739. The lowest BCUT2D eigenvalue weighted by Gasteiger charge is -1.71. The monoisotopic (exact) mass is 118 g/mol. The van der Waals surface area contributed by atoms with Crippen molar-refractivity contribution in [2.45, 2.75) is 0 Å². The average Bonchev–Trinajstić information content (AvgIpc) is 2.34. The molecule has 0 aliphatic heterocycles. The van der Waals surface area contributed by atoms with Crippen LogP contribution < -0.4 is 0 Å². The molecule has 1 aromatic rings. The predicted octanol–water partition coefficient (Wildman–Crippen LogP) is 0.528. The summed E-state index contributed by atoms with van der Waals surface area (Å²) in [7, 11) is 0. The van der Waals surface area contributed by atoms with Gasteiger partial charge in [-0.25, -0.2) is 4.98 Å². The van der Waals surface area contributed by atoms with Gasteiger partial charge in [-0.05, 0) is 5.92 Å². The van der Waals surface area contributed by atoms with E-state index in [1.54, 1.807) is 6.07 Å². The number of hydrogen-bond donors (Lipinski definition) is 0. The zero-order valence-electron chi connectivity index (χ0n) is 4.46. The third-order valence-corrected chi connectivity index (χ3v) is 0.739. The lowest BCUT2D eigenvalue weighted by atomic mass is 10.6. The lowest BCUT2D eigenvalue weighted by molar-refractivity contribution is 0.531. The van der Waals surface area contributed by atoms with Gasteiger partial charge in [0.25, 0.3) is 5.89 Å². The van der Waals surface area contributed by atoms with Crippen LogP contribution in [0.3, 0.4) is 0 Å². The minimum Gasteiger partial charge on any atom is -0.419 e. The number of nitrogens with zero attached hydrogens (tertiary/aromatic N) is 2. The Kier molecular flexibility index (Phi) is 1.21. The first-order valence-corrected chi connectivity index (χ1v) is 2.19. The number of rotatable bonds is 0. The molecule has 9 heavy (non-hydrogen) atoms. The number of terminal acetylenes is 1. The fourth-order valence-corrected chi connectivity index (χ4v) is 0.393. The summed E-state index contributed by atoms with van der Waals surface area (Å²) in [5.41, 5.74) is 0. The van der Waals surface area contributed by atoms with E-state index in [1.165, 1.54) is 6.20 Å². The second kappa shape index (κ2) is 2.02. The van der Waals surface area contributed by atoms with Crippen molar-refractivity contribution < 1.29 is 4.42 Å². The first-order chi connectivity index (χ1) is 4.36. The van der Waals surface area contributed by atoms with Crippen LogP contribution >= 0.6 is 0 Å². The molecule has 1 aromatic heterocycles. The minimum absolute atomic E-state index is 0.142. The van der Waals surface area contributed by atoms with Crippen LogP contribution in [0, 0.1) is 23.7 Å². The van der Waals surface area contributed by atoms with Gasteiger partial charge in [0, 0.05) is 0 Å². The van der Waals surface area contributed by atoms with Crippen molar-refractivity contribution in [1.29, 1.82) is 5.26 Å². The Morgan fingerprint density at radius 2 is 2.56 bits per heavy atom. The van der Waals surface area contributed by atoms with E-state index < -0.39 is 0 Å². The van der Waals surface area contributed by atoms with Gasteiger partial charge in [0.05, 0.1) is 6.20 Å². The molecular formula is C6H2N2O. The van der Waals surface area contributed by atoms with E-state index in [4.69, 9.17) is 11.7 Å². The Labute approximate surface area is 51.9 Å². The summed E-state index contributed by atoms with van der Waals surface area (Å²) in [6.07, 6.45) is 6.19. The highest BCUT2D eigenvalue weighted by Crippen LogP contribution is 1.98. The molecule has 0 radical (unpaired) electrons. The molecule has 3 heteroatoms. The maximum Gasteiger partial charge on any atom is 0.274 e. The van der Waals surface area contributed by atoms with Crippen LogP contribution in [-0.2, 0) is 0 Å². The molecule has 1 rings (SSSR count). The van der Waals surface area contributed by atoms with Crippen molar-refractivity contribution in [3.63, 3.8) is 0 Å². The number of aromatic nitrogens is 1. The quantitative estimate of drug-likeness (QED) is 0.467. The van der Waals surface area contributed by atoms with E-state index in [0.717, 1.165) is 0 Å². The number of hydrogen-bond acceptors (Lipinski definition) is 3. The first kappa shape index (κ1) is 5.40. The van der Waals surface area contributed by atoms with Crippen molar-refractivity contribution in [2.75, 3.05) is 0 Å². The molecule has 0 bridgehead atoms. The zero-order valence-corrected chi connectivity index (χ0v) is 4.46. The summed E-state index contributed by atoms with van der Waals surface area (Å²) >= 11 is 0. The van der Waals surface area contributed by atoms with Crippen LogP contribution in [-0.4, -0.2) is 4.98 Å². The topological polar surface area (TPSA) is 49.8 Å². The standard InChI is InChI=1S/C6H2N2O/c1-2-6-8-4-5(3-7)9-6/h1,4H. The van der Waals surface area contributed by atoms with Gasteiger partial charge in [0.2, 0.25) is 5.76 Å². The van der Waals surface area contributed by atoms with Gasteiger partial charge in [-0.15, -0.1) is 6.42 Å². The Morgan fingerprint density at radius 1 is 1.78 bits per heavy atom. The highest BCUT2D eigenvalue weighted by atomic mass is 16.3. The van der Waals surface area contributed by atoms with Crippen LogP contribution in [0.15, 0.2) is 10.6 Å². The summed E-state index contributed by atoms with van der Waals surface area (Å²) in [6, 6.07) is 1.76. The molecule has 0 aliphatic rings. The largest absolute Gasteiger partial charge is 0.419 e. The fraction of sp³-hybridized carbons (Fsp3) is 0. The van der Waals surface area contributed by atoms with Crippen molar-refractivity contribution in [2.24, 2.45) is 0 Å². The molecule has 0 N–H and O–H groups in total. The maximum absolute atomic E-state index is 8.19. The summed E-state index contributed by atoms with van der Waals surface area (Å²) in [4.78, 5) is 3.58. The van der Waals surface area contributed by atoms with E-state index in [-0.39, 0.29) is 11.7 Å². The highest BCUT2D eigenvalue weighted by Gasteiger charge is 1.96. The Morgan fingerprint density at radius 3 is 2.89 bits per heavy atom. The third kappa shape index (κ3) is 0.896. The smallest absolute Gasteiger partial charge is 0.274 e. The van der Waals surface area contributed by atoms with E-state index in [0.29, 0.717) is 0 Å². The first-order valence-electron chi connectivity index (χ1n) is 2.19. The Balaban J connectivity index is 3.08. The van der Waals surface area contributed by atoms with Crippen LogP contribution in [0.4, 0.5) is 0 Å². The van der Waals surface area contributed by atoms with Gasteiger partial charge >= 0.3 is 0 Å². The molecule has 0 amide bonds. The SMILES string of the molecule is C#Cc1ncc(C#N)o1. The number of oxazole rings is 1. The van der Waals surface area contributed by atoms with Gasteiger partial charge in [-0.2, -0.15) is 5.26 Å². The molecule has 0 fully saturated rings. The predicted molar refractivity (Wildman–Crippen MR) is 29.2 cm³/mol. The summed E-state index contributed by atoms with van der Waals surface area (Å²) in [5, 5.41) is 8.19. The van der Waals surface area contributed by atoms with Gasteiger partial charge in [0.15, 0.2) is 0 Å². The summed E-state index contributed by atoms with van der Waals surface area (Å²) < 4.78 is 4.67. The van der Waals surface area contributed by atoms with Crippen molar-refractivity contribution >= 4 is 0 Å². The molecule has 42 valence electrons. The van der Waals surface area contributed by atoms with Gasteiger partial charge < -0.3 is 4.42 Å². The van der Waals surface area contributed by atoms with E-state index in [1.807, 2.05) is 0 Å². The normalized spacial score (nSPS) is 7.78. The van der Waals surface area contributed by atoms with E-state index in [2.05, 4.69) is 15.3 Å². The molecule has 0 saturated heterocycles. The second-order valence-electron chi connectivity index (χ2n) is 1.29. The van der Waals surface area contributed by atoms with Crippen molar-refractivity contribution in [3.05, 3.63) is 17.8 Å². The van der Waals surface area contributed by atoms with Crippen LogP contribution in [0.2, 0.25) is 0 Å². The molecule has 1 heterocycles. The van der Waals surface area contributed by atoms with Crippen molar-refractivity contribution in [3.8, 4) is 18.4 Å². The molecule has 0 aliphatic carbocycles. The van der Waals surface area contributed by atoms with Gasteiger partial charge in [0.1, 0.15) is 6.07 Å². The molecule has 0 saturated carbocycles. The van der Waals surface area contributed by atoms with E-state index >= 15 is 0 Å². The molecule has 0 spiro atoms. The summed E-state index contributed by atoms with van der Waals surface area (Å²) in [5.74, 6) is 2.44. The lowest BCUT2D eigenvalue weighted by Crippen LogP contribution is -1.64. The van der Waals surface area contributed by atoms with Crippen molar-refractivity contribution in [1.82, 2.24) is 4.98 Å². The van der Waals surface area contributed by atoms with Crippen LogP contribution in [0.5, 0.6) is 0 Å². The molecule has 0 aromatic carbocycles. The van der Waals surface area contributed by atoms with Gasteiger partial charge in [-0.3, -0.25) is 0 Å². The fourth-order valence-electron chi connectivity index (χ4n) is 0.393. The number of nitriles is 1. The molecule has 0 atom stereocenters. The van der Waals surface area contributed by atoms with E-state index in [9.17, 15) is 0 Å². The average molecular weight is 118 g/mol. The molecule has 0 unspecified atom stereocenters. The zero-order chi connectivity index (χ0) is 6.69. The second-order valence-corrected chi connectivity index (χ2v) is 1.29. The Bertz CT molecular complexity index is 258. The Hall–Kier alpha value is -1.74. The minimum atomic E-state index is 0.142. The van der Waals surface area contributed by atoms with Crippen LogP contribution in [0.25, 0.3) is 0 Å². The molecular weight excluding hydrogens is 116 g/mol. The van der Waals surface area contributed by atoms with Crippen LogP contribution in [0.1, 0.15) is 11.7 Å². The van der Waals surface area contributed by atoms with Gasteiger partial charge in [-0.1, -0.05) is 0 Å². The maximum atomic E-state index is 8.19. The highest BCUT2D eigenvalue weighted by molar-refractivity contribution is 5.19. The molecule has 3 nitrogen and oxygen atoms in total.